The van der Waals surface area contributed by atoms with Crippen molar-refractivity contribution in [3.63, 3.8) is 0 Å². The molecule has 0 saturated heterocycles. The van der Waals surface area contributed by atoms with Crippen molar-refractivity contribution in [1.29, 1.82) is 0 Å². The number of hydrogen-bond acceptors (Lipinski definition) is 3. The minimum absolute atomic E-state index is 0.0847. The Kier molecular flexibility index (Phi) is 4.63. The number of amides is 1. The molecule has 1 rings (SSSR count). The Bertz CT molecular complexity index is 341. The molecule has 15 heavy (non-hydrogen) atoms. The number of hydrogen-bond donors (Lipinski definition) is 2. The highest BCUT2D eigenvalue weighted by atomic mass is 16.3. The van der Waals surface area contributed by atoms with E-state index < -0.39 is 0 Å². The van der Waals surface area contributed by atoms with Crippen molar-refractivity contribution >= 4 is 12.0 Å². The van der Waals surface area contributed by atoms with Gasteiger partial charge in [-0.3, -0.25) is 4.79 Å². The van der Waals surface area contributed by atoms with Gasteiger partial charge in [-0.05, 0) is 31.6 Å². The third-order valence-corrected chi connectivity index (χ3v) is 1.79. The fraction of sp³-hybridized carbons (Fsp3) is 0.364. The average Bonchev–Trinajstić information content (AvgIpc) is 2.62. The fourth-order valence-corrected chi connectivity index (χ4v) is 1.05. The minimum atomic E-state index is -0.183. The van der Waals surface area contributed by atoms with Crippen molar-refractivity contribution in [2.24, 2.45) is 0 Å². The van der Waals surface area contributed by atoms with E-state index in [1.165, 1.54) is 6.08 Å². The second-order valence-corrected chi connectivity index (χ2v) is 3.15. The number of rotatable bonds is 5. The second kappa shape index (κ2) is 6.03. The van der Waals surface area contributed by atoms with E-state index in [2.05, 4.69) is 5.32 Å². The topological polar surface area (TPSA) is 62.5 Å². The minimum Gasteiger partial charge on any atom is -0.462 e. The summed E-state index contributed by atoms with van der Waals surface area (Å²) in [6.07, 6.45) is 3.59. The summed E-state index contributed by atoms with van der Waals surface area (Å²) in [6, 6.07) is 3.64. The average molecular weight is 209 g/mol. The first-order chi connectivity index (χ1) is 7.22. The summed E-state index contributed by atoms with van der Waals surface area (Å²) in [5, 5.41) is 11.1. The summed E-state index contributed by atoms with van der Waals surface area (Å²) >= 11 is 0. The Labute approximate surface area is 88.6 Å². The van der Waals surface area contributed by atoms with Gasteiger partial charge in [0.2, 0.25) is 5.91 Å². The first kappa shape index (κ1) is 11.5. The van der Waals surface area contributed by atoms with Crippen LogP contribution < -0.4 is 5.32 Å². The number of furan rings is 1. The molecule has 0 atom stereocenters. The van der Waals surface area contributed by atoms with Crippen LogP contribution in [0.2, 0.25) is 0 Å². The number of carbonyl (C=O) groups excluding carboxylic acids is 1. The van der Waals surface area contributed by atoms with Crippen LogP contribution in [0.4, 0.5) is 0 Å². The first-order valence-corrected chi connectivity index (χ1v) is 4.85. The predicted octanol–water partition coefficient (Wildman–Crippen LogP) is 1.10. The normalized spacial score (nSPS) is 10.8. The zero-order valence-electron chi connectivity index (χ0n) is 8.69. The summed E-state index contributed by atoms with van der Waals surface area (Å²) < 4.78 is 5.25. The molecule has 0 fully saturated rings. The molecule has 0 saturated carbocycles. The van der Waals surface area contributed by atoms with Crippen LogP contribution in [0.1, 0.15) is 17.9 Å². The molecular formula is C11H15NO3. The van der Waals surface area contributed by atoms with Crippen LogP contribution in [0.15, 0.2) is 22.6 Å². The highest BCUT2D eigenvalue weighted by Crippen LogP contribution is 2.07. The van der Waals surface area contributed by atoms with E-state index >= 15 is 0 Å². The number of carbonyl (C=O) groups is 1. The lowest BCUT2D eigenvalue weighted by Gasteiger charge is -1.98. The van der Waals surface area contributed by atoms with Crippen molar-refractivity contribution in [3.8, 4) is 0 Å². The molecule has 0 aromatic carbocycles. The third kappa shape index (κ3) is 4.46. The molecule has 0 bridgehead atoms. The molecule has 0 radical (unpaired) electrons. The molecule has 1 aromatic heterocycles. The zero-order chi connectivity index (χ0) is 11.1. The van der Waals surface area contributed by atoms with Crippen LogP contribution >= 0.6 is 0 Å². The lowest BCUT2D eigenvalue weighted by Crippen LogP contribution is -2.22. The van der Waals surface area contributed by atoms with Gasteiger partial charge in [0.25, 0.3) is 0 Å². The predicted molar refractivity (Wildman–Crippen MR) is 57.2 cm³/mol. The maximum Gasteiger partial charge on any atom is 0.244 e. The molecule has 1 aromatic rings. The van der Waals surface area contributed by atoms with Gasteiger partial charge in [-0.25, -0.2) is 0 Å². The van der Waals surface area contributed by atoms with E-state index in [-0.39, 0.29) is 12.5 Å². The van der Waals surface area contributed by atoms with Gasteiger partial charge in [0.05, 0.1) is 0 Å². The number of nitrogens with one attached hydrogen (secondary N) is 1. The molecule has 4 heteroatoms. The van der Waals surface area contributed by atoms with Crippen molar-refractivity contribution in [2.45, 2.75) is 13.3 Å². The molecule has 1 amide bonds. The second-order valence-electron chi connectivity index (χ2n) is 3.15. The van der Waals surface area contributed by atoms with Crippen LogP contribution in [-0.4, -0.2) is 24.2 Å². The molecule has 1 heterocycles. The van der Waals surface area contributed by atoms with Crippen LogP contribution in [0.5, 0.6) is 0 Å². The van der Waals surface area contributed by atoms with Crippen LogP contribution in [0, 0.1) is 6.92 Å². The highest BCUT2D eigenvalue weighted by molar-refractivity contribution is 5.91. The molecule has 4 nitrogen and oxygen atoms in total. The highest BCUT2D eigenvalue weighted by Gasteiger charge is 1.96. The van der Waals surface area contributed by atoms with Gasteiger partial charge in [0.1, 0.15) is 11.5 Å². The molecule has 0 aliphatic carbocycles. The Hall–Kier alpha value is -1.55. The summed E-state index contributed by atoms with van der Waals surface area (Å²) in [5.41, 5.74) is 0. The van der Waals surface area contributed by atoms with Gasteiger partial charge < -0.3 is 14.8 Å². The lowest BCUT2D eigenvalue weighted by molar-refractivity contribution is -0.116. The van der Waals surface area contributed by atoms with Gasteiger partial charge in [-0.2, -0.15) is 0 Å². The number of aliphatic hydroxyl groups is 1. The summed E-state index contributed by atoms with van der Waals surface area (Å²) in [7, 11) is 0. The van der Waals surface area contributed by atoms with Crippen LogP contribution in [0.3, 0.4) is 0 Å². The van der Waals surface area contributed by atoms with E-state index in [0.29, 0.717) is 18.7 Å². The lowest BCUT2D eigenvalue weighted by atomic mass is 10.3. The quantitative estimate of drug-likeness (QED) is 0.564. The fourth-order valence-electron chi connectivity index (χ4n) is 1.05. The van der Waals surface area contributed by atoms with Gasteiger partial charge in [0, 0.05) is 19.2 Å². The van der Waals surface area contributed by atoms with E-state index in [1.807, 2.05) is 13.0 Å². The standard InChI is InChI=1S/C11H15NO3/c1-9-3-4-10(15-9)5-6-11(14)12-7-2-8-13/h3-6,13H,2,7-8H2,1H3,(H,12,14)/b6-5+. The van der Waals surface area contributed by atoms with E-state index in [9.17, 15) is 4.79 Å². The van der Waals surface area contributed by atoms with Crippen molar-refractivity contribution in [2.75, 3.05) is 13.2 Å². The molecule has 0 aliphatic heterocycles. The SMILES string of the molecule is Cc1ccc(/C=C/C(=O)NCCCO)o1. The van der Waals surface area contributed by atoms with Gasteiger partial charge in [-0.1, -0.05) is 0 Å². The van der Waals surface area contributed by atoms with Gasteiger partial charge >= 0.3 is 0 Å². The van der Waals surface area contributed by atoms with Crippen LogP contribution in [0.25, 0.3) is 6.08 Å². The van der Waals surface area contributed by atoms with E-state index in [1.54, 1.807) is 12.1 Å². The Morgan fingerprint density at radius 3 is 3.00 bits per heavy atom. The number of aryl methyl sites for hydroxylation is 1. The Morgan fingerprint density at radius 1 is 1.60 bits per heavy atom. The summed E-state index contributed by atoms with van der Waals surface area (Å²) in [6.45, 7) is 2.41. The summed E-state index contributed by atoms with van der Waals surface area (Å²) in [5.74, 6) is 1.29. The zero-order valence-corrected chi connectivity index (χ0v) is 8.69. The maximum absolute atomic E-state index is 11.2. The maximum atomic E-state index is 11.2. The smallest absolute Gasteiger partial charge is 0.244 e. The van der Waals surface area contributed by atoms with E-state index in [4.69, 9.17) is 9.52 Å². The van der Waals surface area contributed by atoms with Crippen molar-refractivity contribution in [1.82, 2.24) is 5.32 Å². The van der Waals surface area contributed by atoms with Gasteiger partial charge in [0.15, 0.2) is 0 Å². The van der Waals surface area contributed by atoms with Crippen LogP contribution in [-0.2, 0) is 4.79 Å². The first-order valence-electron chi connectivity index (χ1n) is 4.85. The summed E-state index contributed by atoms with van der Waals surface area (Å²) in [4.78, 5) is 11.2. The molecule has 82 valence electrons. The molecule has 0 aliphatic rings. The third-order valence-electron chi connectivity index (χ3n) is 1.79. The Balaban J connectivity index is 2.34. The molecule has 0 spiro atoms. The van der Waals surface area contributed by atoms with Gasteiger partial charge in [-0.15, -0.1) is 0 Å². The largest absolute Gasteiger partial charge is 0.462 e. The van der Waals surface area contributed by atoms with E-state index in [0.717, 1.165) is 5.76 Å². The molecule has 2 N–H and O–H groups in total. The van der Waals surface area contributed by atoms with Crippen molar-refractivity contribution < 1.29 is 14.3 Å². The molecular weight excluding hydrogens is 194 g/mol. The van der Waals surface area contributed by atoms with Crippen molar-refractivity contribution in [3.05, 3.63) is 29.7 Å². The number of aliphatic hydroxyl groups excluding tert-OH is 1. The molecule has 0 unspecified atom stereocenters. The Morgan fingerprint density at radius 2 is 2.40 bits per heavy atom. The monoisotopic (exact) mass is 209 g/mol.